The molecule has 0 saturated carbocycles. The maximum atomic E-state index is 4.66. The smallest absolute Gasteiger partial charge is 0.116 e. The summed E-state index contributed by atoms with van der Waals surface area (Å²) in [6.45, 7) is 0. The van der Waals surface area contributed by atoms with Crippen molar-refractivity contribution in [2.75, 3.05) is 5.43 Å². The third-order valence-electron chi connectivity index (χ3n) is 3.89. The number of rotatable bonds is 4. The lowest BCUT2D eigenvalue weighted by atomic mass is 10.1. The van der Waals surface area contributed by atoms with E-state index < -0.39 is 0 Å². The molecule has 0 radical (unpaired) electrons. The lowest BCUT2D eigenvalue weighted by Gasteiger charge is -2.13. The van der Waals surface area contributed by atoms with Crippen LogP contribution in [0.5, 0.6) is 0 Å². The molecule has 0 spiro atoms. The predicted octanol–water partition coefficient (Wildman–Crippen LogP) is 5.09. The highest BCUT2D eigenvalue weighted by molar-refractivity contribution is 5.79. The van der Waals surface area contributed by atoms with E-state index in [-0.39, 0.29) is 0 Å². The minimum absolute atomic E-state index is 0.963. The molecule has 3 heteroatoms. The Bertz CT molecular complexity index is 913. The van der Waals surface area contributed by atoms with Gasteiger partial charge >= 0.3 is 0 Å². The molecule has 0 bridgehead atoms. The van der Waals surface area contributed by atoms with Crippen molar-refractivity contribution in [2.24, 2.45) is 0 Å². The summed E-state index contributed by atoms with van der Waals surface area (Å²) in [5.41, 5.74) is 8.67. The molecule has 1 aromatic heterocycles. The summed E-state index contributed by atoms with van der Waals surface area (Å²) in [4.78, 5) is 4.66. The molecular formula is C21H17N3. The molecule has 4 aromatic rings. The van der Waals surface area contributed by atoms with E-state index in [0.29, 0.717) is 0 Å². The van der Waals surface area contributed by atoms with Crippen LogP contribution < -0.4 is 5.43 Å². The van der Waals surface area contributed by atoms with Crippen molar-refractivity contribution in [3.63, 3.8) is 0 Å². The summed E-state index contributed by atoms with van der Waals surface area (Å²) in [5.74, 6) is 0. The number of benzene rings is 3. The maximum absolute atomic E-state index is 4.66. The van der Waals surface area contributed by atoms with Gasteiger partial charge in [-0.05, 0) is 12.1 Å². The number of aromatic nitrogens is 2. The highest BCUT2D eigenvalue weighted by Gasteiger charge is 2.14. The third kappa shape index (κ3) is 2.79. The van der Waals surface area contributed by atoms with Crippen molar-refractivity contribution >= 4 is 5.69 Å². The molecule has 1 heterocycles. The SMILES string of the molecule is c1ccc(Nn2cnc(-c3ccccc3)c2-c2ccccc2)cc1. The maximum Gasteiger partial charge on any atom is 0.116 e. The molecule has 0 aliphatic heterocycles. The van der Waals surface area contributed by atoms with Gasteiger partial charge in [0.15, 0.2) is 0 Å². The minimum Gasteiger partial charge on any atom is -0.293 e. The third-order valence-corrected chi connectivity index (χ3v) is 3.89. The van der Waals surface area contributed by atoms with E-state index in [2.05, 4.69) is 34.7 Å². The Hall–Kier alpha value is -3.33. The highest BCUT2D eigenvalue weighted by atomic mass is 15.4. The number of nitrogens with zero attached hydrogens (tertiary/aromatic N) is 2. The Kier molecular flexibility index (Phi) is 3.82. The summed E-state index contributed by atoms with van der Waals surface area (Å²) in [6, 6.07) is 30.7. The minimum atomic E-state index is 0.963. The van der Waals surface area contributed by atoms with E-state index in [0.717, 1.165) is 28.2 Å². The molecular weight excluding hydrogens is 294 g/mol. The Morgan fingerprint density at radius 1 is 0.625 bits per heavy atom. The molecule has 0 aliphatic rings. The van der Waals surface area contributed by atoms with Gasteiger partial charge < -0.3 is 0 Å². The molecule has 0 unspecified atom stereocenters. The van der Waals surface area contributed by atoms with E-state index in [1.807, 2.05) is 77.7 Å². The van der Waals surface area contributed by atoms with Crippen LogP contribution in [0.25, 0.3) is 22.5 Å². The van der Waals surface area contributed by atoms with Crippen molar-refractivity contribution in [1.29, 1.82) is 0 Å². The van der Waals surface area contributed by atoms with E-state index in [9.17, 15) is 0 Å². The molecule has 3 aromatic carbocycles. The number of imidazole rings is 1. The molecule has 3 nitrogen and oxygen atoms in total. The number of hydrogen-bond donors (Lipinski definition) is 1. The lowest BCUT2D eigenvalue weighted by molar-refractivity contribution is 0.962. The quantitative estimate of drug-likeness (QED) is 0.569. The summed E-state index contributed by atoms with van der Waals surface area (Å²) in [7, 11) is 0. The van der Waals surface area contributed by atoms with Crippen molar-refractivity contribution in [3.05, 3.63) is 97.3 Å². The van der Waals surface area contributed by atoms with Crippen LogP contribution in [0.3, 0.4) is 0 Å². The largest absolute Gasteiger partial charge is 0.293 e. The van der Waals surface area contributed by atoms with Gasteiger partial charge in [0.2, 0.25) is 0 Å². The van der Waals surface area contributed by atoms with Gasteiger partial charge in [-0.1, -0.05) is 78.9 Å². The molecule has 4 rings (SSSR count). The van der Waals surface area contributed by atoms with Gasteiger partial charge in [0.1, 0.15) is 6.33 Å². The van der Waals surface area contributed by atoms with Crippen molar-refractivity contribution < 1.29 is 0 Å². The summed E-state index contributed by atoms with van der Waals surface area (Å²) >= 11 is 0. The lowest BCUT2D eigenvalue weighted by Crippen LogP contribution is -2.09. The van der Waals surface area contributed by atoms with Crippen LogP contribution in [-0.2, 0) is 0 Å². The summed E-state index contributed by atoms with van der Waals surface area (Å²) < 4.78 is 1.98. The van der Waals surface area contributed by atoms with Gasteiger partial charge in [0.05, 0.1) is 17.1 Å². The van der Waals surface area contributed by atoms with Crippen molar-refractivity contribution in [1.82, 2.24) is 9.66 Å². The summed E-state index contributed by atoms with van der Waals surface area (Å²) in [5, 5.41) is 0. The van der Waals surface area contributed by atoms with Crippen LogP contribution in [-0.4, -0.2) is 9.66 Å². The van der Waals surface area contributed by atoms with Gasteiger partial charge in [-0.2, -0.15) is 0 Å². The number of para-hydroxylation sites is 1. The standard InChI is InChI=1S/C21H17N3/c1-4-10-17(11-5-1)20-21(18-12-6-2-7-13-18)24(16-22-20)23-19-14-8-3-9-15-19/h1-16,23H. The first kappa shape index (κ1) is 14.3. The Morgan fingerprint density at radius 3 is 1.79 bits per heavy atom. The summed E-state index contributed by atoms with van der Waals surface area (Å²) in [6.07, 6.45) is 1.83. The molecule has 116 valence electrons. The second-order valence-corrected chi connectivity index (χ2v) is 5.52. The van der Waals surface area contributed by atoms with Crippen LogP contribution in [0.15, 0.2) is 97.3 Å². The van der Waals surface area contributed by atoms with Gasteiger partial charge in [0.25, 0.3) is 0 Å². The van der Waals surface area contributed by atoms with Gasteiger partial charge in [-0.25, -0.2) is 9.66 Å². The van der Waals surface area contributed by atoms with Crippen LogP contribution >= 0.6 is 0 Å². The van der Waals surface area contributed by atoms with Crippen LogP contribution in [0.4, 0.5) is 5.69 Å². The fourth-order valence-corrected chi connectivity index (χ4v) is 2.76. The zero-order valence-corrected chi connectivity index (χ0v) is 13.1. The van der Waals surface area contributed by atoms with Crippen LogP contribution in [0.1, 0.15) is 0 Å². The first-order valence-corrected chi connectivity index (χ1v) is 7.92. The normalized spacial score (nSPS) is 10.5. The zero-order valence-electron chi connectivity index (χ0n) is 13.1. The number of hydrogen-bond acceptors (Lipinski definition) is 2. The predicted molar refractivity (Wildman–Crippen MR) is 98.6 cm³/mol. The van der Waals surface area contributed by atoms with E-state index in [1.54, 1.807) is 0 Å². The average Bonchev–Trinajstić information content (AvgIpc) is 3.07. The highest BCUT2D eigenvalue weighted by Crippen LogP contribution is 2.31. The average molecular weight is 311 g/mol. The first-order valence-electron chi connectivity index (χ1n) is 7.92. The molecule has 1 N–H and O–H groups in total. The topological polar surface area (TPSA) is 29.9 Å². The van der Waals surface area contributed by atoms with E-state index in [1.165, 1.54) is 0 Å². The fourth-order valence-electron chi connectivity index (χ4n) is 2.76. The first-order chi connectivity index (χ1) is 11.9. The Balaban J connectivity index is 1.84. The molecule has 0 fully saturated rings. The monoisotopic (exact) mass is 311 g/mol. The number of anilines is 1. The van der Waals surface area contributed by atoms with Crippen molar-refractivity contribution in [2.45, 2.75) is 0 Å². The molecule has 0 amide bonds. The molecule has 24 heavy (non-hydrogen) atoms. The second kappa shape index (κ2) is 6.42. The van der Waals surface area contributed by atoms with Gasteiger partial charge in [-0.3, -0.25) is 5.43 Å². The molecule has 0 aliphatic carbocycles. The zero-order chi connectivity index (χ0) is 16.2. The molecule has 0 atom stereocenters. The Labute approximate surface area is 141 Å². The van der Waals surface area contributed by atoms with Crippen LogP contribution in [0.2, 0.25) is 0 Å². The second-order valence-electron chi connectivity index (χ2n) is 5.52. The van der Waals surface area contributed by atoms with E-state index >= 15 is 0 Å². The fraction of sp³-hybridized carbons (Fsp3) is 0. The van der Waals surface area contributed by atoms with E-state index in [4.69, 9.17) is 0 Å². The van der Waals surface area contributed by atoms with Gasteiger partial charge in [-0.15, -0.1) is 0 Å². The Morgan fingerprint density at radius 2 is 1.17 bits per heavy atom. The number of nitrogens with one attached hydrogen (secondary N) is 1. The van der Waals surface area contributed by atoms with Gasteiger partial charge in [0, 0.05) is 11.1 Å². The van der Waals surface area contributed by atoms with Crippen LogP contribution in [0, 0.1) is 0 Å². The molecule has 0 saturated heterocycles. The van der Waals surface area contributed by atoms with Crippen molar-refractivity contribution in [3.8, 4) is 22.5 Å².